The quantitative estimate of drug-likeness (QED) is 0.550. The second-order valence-corrected chi connectivity index (χ2v) is 9.15. The zero-order valence-corrected chi connectivity index (χ0v) is 18.5. The van der Waals surface area contributed by atoms with Crippen LogP contribution in [-0.2, 0) is 13.1 Å². The van der Waals surface area contributed by atoms with E-state index >= 15 is 0 Å². The van der Waals surface area contributed by atoms with Gasteiger partial charge in [0.1, 0.15) is 25.0 Å². The lowest BCUT2D eigenvalue weighted by atomic mass is 10.1. The molecular formula is C24H32N2O2S. The molecule has 0 unspecified atom stereocenters. The van der Waals surface area contributed by atoms with Crippen LogP contribution in [0.3, 0.4) is 0 Å². The van der Waals surface area contributed by atoms with Crippen molar-refractivity contribution < 1.29 is 9.47 Å². The van der Waals surface area contributed by atoms with E-state index in [2.05, 4.69) is 60.0 Å². The van der Waals surface area contributed by atoms with Crippen molar-refractivity contribution in [3.63, 3.8) is 0 Å². The van der Waals surface area contributed by atoms with Crippen LogP contribution >= 0.6 is 11.8 Å². The molecule has 29 heavy (non-hydrogen) atoms. The van der Waals surface area contributed by atoms with Crippen molar-refractivity contribution in [1.82, 2.24) is 9.80 Å². The number of benzene rings is 2. The molecule has 2 aliphatic heterocycles. The summed E-state index contributed by atoms with van der Waals surface area (Å²) in [5.41, 5.74) is 2.59. The van der Waals surface area contributed by atoms with Gasteiger partial charge in [-0.25, -0.2) is 0 Å². The number of fused-ring (bicyclic) bond motifs is 2. The zero-order valence-electron chi connectivity index (χ0n) is 17.7. The molecule has 0 spiro atoms. The molecule has 4 rings (SSSR count). The molecule has 2 aromatic carbocycles. The molecule has 0 bridgehead atoms. The highest BCUT2D eigenvalue weighted by atomic mass is 32.2. The fourth-order valence-electron chi connectivity index (χ4n) is 3.85. The fourth-order valence-corrected chi connectivity index (χ4v) is 4.80. The van der Waals surface area contributed by atoms with Crippen molar-refractivity contribution in [2.45, 2.75) is 62.4 Å². The summed E-state index contributed by atoms with van der Waals surface area (Å²) in [6.45, 7) is 10.1. The SMILES string of the molecule is CCCCN1COc2ccc(Sc3ccc4c(c3)CN(CCCC)CO4)cc2C1. The summed E-state index contributed by atoms with van der Waals surface area (Å²) in [5.74, 6) is 2.07. The average molecular weight is 413 g/mol. The summed E-state index contributed by atoms with van der Waals surface area (Å²) in [7, 11) is 0. The molecule has 156 valence electrons. The largest absolute Gasteiger partial charge is 0.478 e. The molecule has 2 aliphatic rings. The summed E-state index contributed by atoms with van der Waals surface area (Å²) in [6.07, 6.45) is 4.88. The van der Waals surface area contributed by atoms with E-state index in [1.807, 2.05) is 11.8 Å². The van der Waals surface area contributed by atoms with E-state index in [1.165, 1.54) is 46.6 Å². The third-order valence-corrected chi connectivity index (χ3v) is 6.53. The fraction of sp³-hybridized carbons (Fsp3) is 0.500. The van der Waals surface area contributed by atoms with Crippen LogP contribution in [0.2, 0.25) is 0 Å². The average Bonchev–Trinajstić information content (AvgIpc) is 2.75. The molecule has 0 aromatic heterocycles. The Labute approximate surface area is 179 Å². The Kier molecular flexibility index (Phi) is 7.01. The molecule has 0 atom stereocenters. The minimum atomic E-state index is 0.707. The topological polar surface area (TPSA) is 24.9 Å². The van der Waals surface area contributed by atoms with Crippen LogP contribution in [0.4, 0.5) is 0 Å². The summed E-state index contributed by atoms with van der Waals surface area (Å²) >= 11 is 1.82. The predicted octanol–water partition coefficient (Wildman–Crippen LogP) is 5.74. The van der Waals surface area contributed by atoms with Crippen LogP contribution in [0, 0.1) is 0 Å². The smallest absolute Gasteiger partial charge is 0.142 e. The van der Waals surface area contributed by atoms with Crippen molar-refractivity contribution in [3.8, 4) is 11.5 Å². The van der Waals surface area contributed by atoms with Gasteiger partial charge in [-0.3, -0.25) is 9.80 Å². The molecule has 0 N–H and O–H groups in total. The zero-order chi connectivity index (χ0) is 20.1. The molecule has 5 heteroatoms. The normalized spacial score (nSPS) is 16.6. The first-order valence-corrected chi connectivity index (χ1v) is 11.7. The van der Waals surface area contributed by atoms with Gasteiger partial charge >= 0.3 is 0 Å². The lowest BCUT2D eigenvalue weighted by molar-refractivity contribution is 0.0939. The molecule has 0 amide bonds. The van der Waals surface area contributed by atoms with E-state index < -0.39 is 0 Å². The molecule has 0 aliphatic carbocycles. The lowest BCUT2D eigenvalue weighted by Crippen LogP contribution is -2.32. The number of unbranched alkanes of at least 4 members (excludes halogenated alkanes) is 2. The number of nitrogens with zero attached hydrogens (tertiary/aromatic N) is 2. The Bertz CT molecular complexity index is 759. The van der Waals surface area contributed by atoms with E-state index in [4.69, 9.17) is 9.47 Å². The monoisotopic (exact) mass is 412 g/mol. The van der Waals surface area contributed by atoms with Gasteiger partial charge in [0.05, 0.1) is 0 Å². The van der Waals surface area contributed by atoms with Crippen molar-refractivity contribution >= 4 is 11.8 Å². The molecule has 2 heterocycles. The molecule has 0 saturated heterocycles. The van der Waals surface area contributed by atoms with Crippen molar-refractivity contribution in [3.05, 3.63) is 47.5 Å². The third kappa shape index (κ3) is 5.27. The van der Waals surface area contributed by atoms with Crippen LogP contribution in [-0.4, -0.2) is 36.4 Å². The maximum absolute atomic E-state index is 5.95. The van der Waals surface area contributed by atoms with Gasteiger partial charge in [-0.2, -0.15) is 0 Å². The van der Waals surface area contributed by atoms with Crippen molar-refractivity contribution in [1.29, 1.82) is 0 Å². The summed E-state index contributed by atoms with van der Waals surface area (Å²) in [5, 5.41) is 0. The van der Waals surface area contributed by atoms with E-state index in [0.717, 1.165) is 37.7 Å². The molecule has 0 radical (unpaired) electrons. The van der Waals surface area contributed by atoms with E-state index in [9.17, 15) is 0 Å². The second-order valence-electron chi connectivity index (χ2n) is 8.00. The minimum Gasteiger partial charge on any atom is -0.478 e. The van der Waals surface area contributed by atoms with E-state index in [0.29, 0.717) is 13.5 Å². The second kappa shape index (κ2) is 9.88. The summed E-state index contributed by atoms with van der Waals surface area (Å²) < 4.78 is 11.9. The van der Waals surface area contributed by atoms with Gasteiger partial charge in [0.25, 0.3) is 0 Å². The number of hydrogen-bond donors (Lipinski definition) is 0. The maximum atomic E-state index is 5.95. The van der Waals surface area contributed by atoms with Crippen LogP contribution in [0.15, 0.2) is 46.2 Å². The van der Waals surface area contributed by atoms with Gasteiger partial charge in [0.15, 0.2) is 0 Å². The first kappa shape index (κ1) is 20.6. The Morgan fingerprint density at radius 1 is 0.759 bits per heavy atom. The standard InChI is InChI=1S/C24H32N2O2S/c1-3-5-11-25-15-19-13-21(7-9-23(19)27-17-25)29-22-8-10-24-20(14-22)16-26(18-28-24)12-6-4-2/h7-10,13-14H,3-6,11-12,15-18H2,1-2H3. The van der Waals surface area contributed by atoms with Gasteiger partial charge in [-0.05, 0) is 49.2 Å². The summed E-state index contributed by atoms with van der Waals surface area (Å²) in [6, 6.07) is 13.2. The molecular weight excluding hydrogens is 380 g/mol. The van der Waals surface area contributed by atoms with Gasteiger partial charge in [0.2, 0.25) is 0 Å². The first-order chi connectivity index (χ1) is 14.2. The third-order valence-electron chi connectivity index (χ3n) is 5.55. The molecule has 2 aromatic rings. The Balaban J connectivity index is 1.44. The molecule has 0 saturated carbocycles. The van der Waals surface area contributed by atoms with Crippen LogP contribution in [0.5, 0.6) is 11.5 Å². The summed E-state index contributed by atoms with van der Waals surface area (Å²) in [4.78, 5) is 7.32. The highest BCUT2D eigenvalue weighted by Gasteiger charge is 2.19. The Hall–Kier alpha value is -1.69. The Morgan fingerprint density at radius 3 is 1.69 bits per heavy atom. The number of ether oxygens (including phenoxy) is 2. The lowest BCUT2D eigenvalue weighted by Gasteiger charge is -2.29. The van der Waals surface area contributed by atoms with Crippen LogP contribution < -0.4 is 9.47 Å². The van der Waals surface area contributed by atoms with Crippen molar-refractivity contribution in [2.75, 3.05) is 26.6 Å². The highest BCUT2D eigenvalue weighted by Crippen LogP contribution is 2.36. The molecule has 4 nitrogen and oxygen atoms in total. The minimum absolute atomic E-state index is 0.707. The first-order valence-electron chi connectivity index (χ1n) is 10.9. The molecule has 0 fully saturated rings. The van der Waals surface area contributed by atoms with Gasteiger partial charge in [-0.1, -0.05) is 38.5 Å². The van der Waals surface area contributed by atoms with Gasteiger partial charge in [-0.15, -0.1) is 0 Å². The van der Waals surface area contributed by atoms with E-state index in [1.54, 1.807) is 0 Å². The van der Waals surface area contributed by atoms with Gasteiger partial charge in [0, 0.05) is 47.1 Å². The van der Waals surface area contributed by atoms with Crippen molar-refractivity contribution in [2.24, 2.45) is 0 Å². The van der Waals surface area contributed by atoms with Crippen LogP contribution in [0.1, 0.15) is 50.7 Å². The predicted molar refractivity (Wildman–Crippen MR) is 119 cm³/mol. The van der Waals surface area contributed by atoms with E-state index in [-0.39, 0.29) is 0 Å². The highest BCUT2D eigenvalue weighted by molar-refractivity contribution is 7.99. The van der Waals surface area contributed by atoms with Gasteiger partial charge < -0.3 is 9.47 Å². The Morgan fingerprint density at radius 2 is 1.24 bits per heavy atom. The number of hydrogen-bond acceptors (Lipinski definition) is 5. The number of rotatable bonds is 8. The van der Waals surface area contributed by atoms with Crippen LogP contribution in [0.25, 0.3) is 0 Å². The maximum Gasteiger partial charge on any atom is 0.142 e.